The molecule has 0 saturated carbocycles. The highest BCUT2D eigenvalue weighted by Gasteiger charge is 2.20. The van der Waals surface area contributed by atoms with Crippen molar-refractivity contribution in [2.24, 2.45) is 5.92 Å². The van der Waals surface area contributed by atoms with Crippen LogP contribution in [0.15, 0.2) is 0 Å². The molecule has 0 saturated heterocycles. The van der Waals surface area contributed by atoms with E-state index >= 15 is 0 Å². The van der Waals surface area contributed by atoms with Crippen molar-refractivity contribution in [1.29, 1.82) is 0 Å². The summed E-state index contributed by atoms with van der Waals surface area (Å²) >= 11 is 0. The van der Waals surface area contributed by atoms with Crippen molar-refractivity contribution in [3.63, 3.8) is 0 Å². The van der Waals surface area contributed by atoms with Gasteiger partial charge < -0.3 is 10.6 Å². The normalized spacial score (nSPS) is 18.2. The van der Waals surface area contributed by atoms with Gasteiger partial charge in [-0.3, -0.25) is 0 Å². The lowest BCUT2D eigenvalue weighted by molar-refractivity contribution is 0.301. The van der Waals surface area contributed by atoms with Gasteiger partial charge in [0, 0.05) is 12.1 Å². The minimum Gasteiger partial charge on any atom is -0.313 e. The number of hydrogen-bond acceptors (Lipinski definition) is 2. The summed E-state index contributed by atoms with van der Waals surface area (Å²) < 4.78 is 0. The lowest BCUT2D eigenvalue weighted by atomic mass is 9.93. The number of hydrogen-bond donors (Lipinski definition) is 2. The van der Waals surface area contributed by atoms with E-state index in [-0.39, 0.29) is 0 Å². The van der Waals surface area contributed by atoms with E-state index < -0.39 is 0 Å². The maximum atomic E-state index is 3.56. The number of rotatable bonds is 7. The fourth-order valence-corrected chi connectivity index (χ4v) is 1.81. The molecular weight excluding hydrogens is 160 g/mol. The summed E-state index contributed by atoms with van der Waals surface area (Å²) in [7, 11) is 0. The molecule has 0 spiro atoms. The molecule has 2 heteroatoms. The van der Waals surface area contributed by atoms with Gasteiger partial charge in [0.05, 0.1) is 0 Å². The van der Waals surface area contributed by atoms with E-state index in [1.165, 1.54) is 6.42 Å². The molecule has 13 heavy (non-hydrogen) atoms. The quantitative estimate of drug-likeness (QED) is 0.635. The highest BCUT2D eigenvalue weighted by Crippen LogP contribution is 2.11. The van der Waals surface area contributed by atoms with Crippen molar-refractivity contribution in [3.8, 4) is 0 Å². The number of likely N-dealkylation sites (N-methyl/N-ethyl adjacent to an activating group) is 2. The second-order valence-corrected chi connectivity index (χ2v) is 3.82. The van der Waals surface area contributed by atoms with Gasteiger partial charge in [0.15, 0.2) is 0 Å². The van der Waals surface area contributed by atoms with Gasteiger partial charge in [0.2, 0.25) is 0 Å². The average Bonchev–Trinajstić information content (AvgIpc) is 2.13. The van der Waals surface area contributed by atoms with Crippen LogP contribution in [0.1, 0.15) is 41.0 Å². The largest absolute Gasteiger partial charge is 0.313 e. The van der Waals surface area contributed by atoms with Gasteiger partial charge in [-0.15, -0.1) is 0 Å². The molecule has 2 N–H and O–H groups in total. The zero-order valence-corrected chi connectivity index (χ0v) is 9.85. The van der Waals surface area contributed by atoms with Crippen LogP contribution in [0.2, 0.25) is 0 Å². The van der Waals surface area contributed by atoms with E-state index in [1.807, 2.05) is 0 Å². The summed E-state index contributed by atoms with van der Waals surface area (Å²) in [6, 6.07) is 1.18. The monoisotopic (exact) mass is 186 g/mol. The Kier molecular flexibility index (Phi) is 7.29. The van der Waals surface area contributed by atoms with E-state index in [1.54, 1.807) is 0 Å². The van der Waals surface area contributed by atoms with E-state index in [4.69, 9.17) is 0 Å². The molecule has 0 aromatic heterocycles. The second kappa shape index (κ2) is 7.34. The van der Waals surface area contributed by atoms with Crippen LogP contribution in [0.25, 0.3) is 0 Å². The summed E-state index contributed by atoms with van der Waals surface area (Å²) in [5, 5.41) is 7.04. The Morgan fingerprint density at radius 2 is 1.46 bits per heavy atom. The van der Waals surface area contributed by atoms with E-state index in [9.17, 15) is 0 Å². The molecule has 0 amide bonds. The van der Waals surface area contributed by atoms with Gasteiger partial charge in [-0.05, 0) is 25.9 Å². The summed E-state index contributed by atoms with van der Waals surface area (Å²) in [4.78, 5) is 0. The maximum absolute atomic E-state index is 3.56. The molecule has 0 aliphatic heterocycles. The first-order chi connectivity index (χ1) is 6.17. The highest BCUT2D eigenvalue weighted by molar-refractivity contribution is 4.81. The highest BCUT2D eigenvalue weighted by atomic mass is 15.0. The zero-order valence-electron chi connectivity index (χ0n) is 9.85. The average molecular weight is 186 g/mol. The number of nitrogens with one attached hydrogen (secondary N) is 2. The molecule has 0 aromatic carbocycles. The van der Waals surface area contributed by atoms with Crippen LogP contribution < -0.4 is 10.6 Å². The first-order valence-corrected chi connectivity index (χ1v) is 5.64. The Bertz CT molecular complexity index is 115. The summed E-state index contributed by atoms with van der Waals surface area (Å²) in [6.07, 6.45) is 1.24. The molecule has 0 aliphatic carbocycles. The Labute approximate surface area is 83.5 Å². The maximum Gasteiger partial charge on any atom is 0.0243 e. The standard InChI is InChI=1S/C11H26N2/c1-6-9(4)11(13-8-3)10(5)12-7-2/h9-13H,6-8H2,1-5H3. The minimum absolute atomic E-state index is 0.569. The van der Waals surface area contributed by atoms with Crippen LogP contribution in [0.5, 0.6) is 0 Å². The summed E-state index contributed by atoms with van der Waals surface area (Å²) in [5.41, 5.74) is 0. The third-order valence-electron chi connectivity index (χ3n) is 2.76. The molecule has 0 fully saturated rings. The van der Waals surface area contributed by atoms with Gasteiger partial charge in [-0.1, -0.05) is 34.1 Å². The molecule has 0 rings (SSSR count). The molecule has 3 atom stereocenters. The lowest BCUT2D eigenvalue weighted by Crippen LogP contribution is -2.49. The predicted octanol–water partition coefficient (Wildman–Crippen LogP) is 2.01. The third-order valence-corrected chi connectivity index (χ3v) is 2.76. The Hall–Kier alpha value is -0.0800. The molecule has 0 heterocycles. The first-order valence-electron chi connectivity index (χ1n) is 5.64. The van der Waals surface area contributed by atoms with Gasteiger partial charge in [-0.25, -0.2) is 0 Å². The van der Waals surface area contributed by atoms with Crippen LogP contribution in [0.4, 0.5) is 0 Å². The fourth-order valence-electron chi connectivity index (χ4n) is 1.81. The minimum atomic E-state index is 0.569. The van der Waals surface area contributed by atoms with E-state index in [2.05, 4.69) is 45.3 Å². The topological polar surface area (TPSA) is 24.1 Å². The van der Waals surface area contributed by atoms with Crippen molar-refractivity contribution in [3.05, 3.63) is 0 Å². The van der Waals surface area contributed by atoms with Crippen LogP contribution >= 0.6 is 0 Å². The van der Waals surface area contributed by atoms with E-state index in [0.717, 1.165) is 19.0 Å². The van der Waals surface area contributed by atoms with E-state index in [0.29, 0.717) is 12.1 Å². The van der Waals surface area contributed by atoms with Crippen LogP contribution in [0.3, 0.4) is 0 Å². The molecule has 0 radical (unpaired) electrons. The molecule has 2 nitrogen and oxygen atoms in total. The first kappa shape index (κ1) is 12.9. The smallest absolute Gasteiger partial charge is 0.0243 e. The summed E-state index contributed by atoms with van der Waals surface area (Å²) in [5.74, 6) is 0.744. The van der Waals surface area contributed by atoms with Crippen molar-refractivity contribution >= 4 is 0 Å². The lowest BCUT2D eigenvalue weighted by Gasteiger charge is -2.30. The van der Waals surface area contributed by atoms with Gasteiger partial charge in [-0.2, -0.15) is 0 Å². The Morgan fingerprint density at radius 1 is 0.923 bits per heavy atom. The Morgan fingerprint density at radius 3 is 1.85 bits per heavy atom. The van der Waals surface area contributed by atoms with Crippen molar-refractivity contribution in [1.82, 2.24) is 10.6 Å². The SMILES string of the molecule is CCNC(C)C(NCC)C(C)CC. The van der Waals surface area contributed by atoms with Gasteiger partial charge in [0.25, 0.3) is 0 Å². The van der Waals surface area contributed by atoms with Crippen molar-refractivity contribution < 1.29 is 0 Å². The van der Waals surface area contributed by atoms with Crippen molar-refractivity contribution in [2.45, 2.75) is 53.1 Å². The molecule has 3 unspecified atom stereocenters. The molecule has 80 valence electrons. The zero-order chi connectivity index (χ0) is 10.3. The third kappa shape index (κ3) is 4.63. The predicted molar refractivity (Wildman–Crippen MR) is 60.1 cm³/mol. The van der Waals surface area contributed by atoms with Crippen LogP contribution in [-0.2, 0) is 0 Å². The molecule has 0 aliphatic rings. The second-order valence-electron chi connectivity index (χ2n) is 3.82. The molecule has 0 aromatic rings. The fraction of sp³-hybridized carbons (Fsp3) is 1.00. The molecular formula is C11H26N2. The summed E-state index contributed by atoms with van der Waals surface area (Å²) in [6.45, 7) is 13.3. The van der Waals surface area contributed by atoms with Gasteiger partial charge >= 0.3 is 0 Å². The van der Waals surface area contributed by atoms with Crippen LogP contribution in [-0.4, -0.2) is 25.2 Å². The van der Waals surface area contributed by atoms with Crippen LogP contribution in [0, 0.1) is 5.92 Å². The molecule has 0 bridgehead atoms. The van der Waals surface area contributed by atoms with Gasteiger partial charge in [0.1, 0.15) is 0 Å². The Balaban J connectivity index is 4.05. The van der Waals surface area contributed by atoms with Crippen molar-refractivity contribution in [2.75, 3.05) is 13.1 Å².